The van der Waals surface area contributed by atoms with Crippen molar-refractivity contribution < 1.29 is 17.9 Å². The molecule has 0 aromatic heterocycles. The van der Waals surface area contributed by atoms with Crippen LogP contribution < -0.4 is 4.74 Å². The van der Waals surface area contributed by atoms with Gasteiger partial charge in [0, 0.05) is 5.88 Å². The third-order valence-corrected chi connectivity index (χ3v) is 3.39. The summed E-state index contributed by atoms with van der Waals surface area (Å²) in [5, 5.41) is 0. The van der Waals surface area contributed by atoms with Gasteiger partial charge in [0.1, 0.15) is 11.5 Å². The third kappa shape index (κ3) is 3.70. The first kappa shape index (κ1) is 15.7. The summed E-state index contributed by atoms with van der Waals surface area (Å²) in [6, 6.07) is 9.39. The Morgan fingerprint density at radius 1 is 1.05 bits per heavy atom. The molecule has 0 aliphatic rings. The molecule has 0 spiro atoms. The largest absolute Gasteiger partial charge is 0.457 e. The summed E-state index contributed by atoms with van der Waals surface area (Å²) in [6.45, 7) is 3.73. The predicted molar refractivity (Wildman–Crippen MR) is 77.0 cm³/mol. The average Bonchev–Trinajstić information content (AvgIpc) is 2.42. The van der Waals surface area contributed by atoms with Crippen LogP contribution in [0.15, 0.2) is 36.4 Å². The van der Waals surface area contributed by atoms with E-state index in [4.69, 9.17) is 16.3 Å². The molecule has 0 atom stereocenters. The first-order valence-electron chi connectivity index (χ1n) is 6.32. The molecule has 0 aliphatic heterocycles. The van der Waals surface area contributed by atoms with Crippen molar-refractivity contribution in [1.82, 2.24) is 0 Å². The van der Waals surface area contributed by atoms with Crippen LogP contribution in [0.1, 0.15) is 22.3 Å². The van der Waals surface area contributed by atoms with E-state index in [0.29, 0.717) is 5.75 Å². The van der Waals surface area contributed by atoms with Crippen LogP contribution in [-0.4, -0.2) is 0 Å². The van der Waals surface area contributed by atoms with E-state index in [9.17, 15) is 13.2 Å². The van der Waals surface area contributed by atoms with Gasteiger partial charge in [-0.05, 0) is 48.7 Å². The highest BCUT2D eigenvalue weighted by Crippen LogP contribution is 2.36. The lowest BCUT2D eigenvalue weighted by Crippen LogP contribution is -2.08. The van der Waals surface area contributed by atoms with Crippen molar-refractivity contribution in [3.63, 3.8) is 0 Å². The lowest BCUT2D eigenvalue weighted by molar-refractivity contribution is -0.138. The predicted octanol–water partition coefficient (Wildman–Crippen LogP) is 5.85. The van der Waals surface area contributed by atoms with Gasteiger partial charge in [-0.2, -0.15) is 13.2 Å². The molecule has 21 heavy (non-hydrogen) atoms. The monoisotopic (exact) mass is 314 g/mol. The number of hydrogen-bond donors (Lipinski definition) is 0. The first-order valence-corrected chi connectivity index (χ1v) is 6.86. The minimum Gasteiger partial charge on any atom is -0.457 e. The molecular formula is C16H14ClF3O. The van der Waals surface area contributed by atoms with Gasteiger partial charge >= 0.3 is 6.18 Å². The maximum atomic E-state index is 13.0. The van der Waals surface area contributed by atoms with Crippen LogP contribution in [-0.2, 0) is 12.1 Å². The third-order valence-electron chi connectivity index (χ3n) is 3.10. The van der Waals surface area contributed by atoms with Crippen molar-refractivity contribution >= 4 is 11.6 Å². The average molecular weight is 315 g/mol. The SMILES string of the molecule is Cc1ccc(C)c(Oc2ccc(CCl)c(C(F)(F)F)c2)c1. The second-order valence-electron chi connectivity index (χ2n) is 4.82. The standard InChI is InChI=1S/C16H14ClF3O/c1-10-3-4-11(2)15(7-10)21-13-6-5-12(9-17)14(8-13)16(18,19)20/h3-8H,9H2,1-2H3. The molecule has 2 rings (SSSR count). The van der Waals surface area contributed by atoms with Gasteiger partial charge in [0.05, 0.1) is 5.56 Å². The lowest BCUT2D eigenvalue weighted by atomic mass is 10.1. The lowest BCUT2D eigenvalue weighted by Gasteiger charge is -2.14. The Labute approximate surface area is 126 Å². The molecule has 0 saturated carbocycles. The molecule has 0 heterocycles. The summed E-state index contributed by atoms with van der Waals surface area (Å²) in [7, 11) is 0. The number of ether oxygens (including phenoxy) is 1. The summed E-state index contributed by atoms with van der Waals surface area (Å²) in [4.78, 5) is 0. The highest BCUT2D eigenvalue weighted by atomic mass is 35.5. The summed E-state index contributed by atoms with van der Waals surface area (Å²) in [6.07, 6.45) is -4.45. The second-order valence-corrected chi connectivity index (χ2v) is 5.09. The van der Waals surface area contributed by atoms with Gasteiger partial charge in [-0.25, -0.2) is 0 Å². The fourth-order valence-electron chi connectivity index (χ4n) is 1.94. The van der Waals surface area contributed by atoms with Crippen molar-refractivity contribution in [2.75, 3.05) is 0 Å². The maximum absolute atomic E-state index is 13.0. The quantitative estimate of drug-likeness (QED) is 0.645. The number of benzene rings is 2. The zero-order valence-corrected chi connectivity index (χ0v) is 12.3. The van der Waals surface area contributed by atoms with Crippen LogP contribution in [0.4, 0.5) is 13.2 Å². The minimum atomic E-state index is -4.45. The smallest absolute Gasteiger partial charge is 0.416 e. The van der Waals surface area contributed by atoms with Gasteiger partial charge < -0.3 is 4.74 Å². The highest BCUT2D eigenvalue weighted by Gasteiger charge is 2.33. The van der Waals surface area contributed by atoms with Gasteiger partial charge in [0.2, 0.25) is 0 Å². The van der Waals surface area contributed by atoms with Crippen molar-refractivity contribution in [2.24, 2.45) is 0 Å². The van der Waals surface area contributed by atoms with Gasteiger partial charge in [-0.3, -0.25) is 0 Å². The fourth-order valence-corrected chi connectivity index (χ4v) is 2.18. The number of halogens is 4. The molecule has 2 aromatic carbocycles. The molecule has 0 N–H and O–H groups in total. The molecular weight excluding hydrogens is 301 g/mol. The molecule has 2 aromatic rings. The molecule has 0 fully saturated rings. The van der Waals surface area contributed by atoms with Crippen molar-refractivity contribution in [1.29, 1.82) is 0 Å². The minimum absolute atomic E-state index is 0.0393. The van der Waals surface area contributed by atoms with Crippen LogP contribution in [0.3, 0.4) is 0 Å². The topological polar surface area (TPSA) is 9.23 Å². The van der Waals surface area contributed by atoms with Crippen LogP contribution in [0.2, 0.25) is 0 Å². The van der Waals surface area contributed by atoms with E-state index in [1.54, 1.807) is 6.07 Å². The molecule has 0 radical (unpaired) electrons. The normalized spacial score (nSPS) is 11.5. The van der Waals surface area contributed by atoms with Crippen LogP contribution in [0.5, 0.6) is 11.5 Å². The van der Waals surface area contributed by atoms with Gasteiger partial charge in [-0.15, -0.1) is 11.6 Å². The second kappa shape index (κ2) is 5.98. The van der Waals surface area contributed by atoms with E-state index < -0.39 is 11.7 Å². The van der Waals surface area contributed by atoms with Gasteiger partial charge in [0.25, 0.3) is 0 Å². The number of rotatable bonds is 3. The van der Waals surface area contributed by atoms with E-state index in [1.165, 1.54) is 12.1 Å². The Hall–Kier alpha value is -1.68. The van der Waals surface area contributed by atoms with Gasteiger partial charge in [-0.1, -0.05) is 18.2 Å². The van der Waals surface area contributed by atoms with Crippen LogP contribution in [0, 0.1) is 13.8 Å². The molecule has 0 bridgehead atoms. The zero-order valence-electron chi connectivity index (χ0n) is 11.6. The van der Waals surface area contributed by atoms with Crippen molar-refractivity contribution in [3.05, 3.63) is 58.7 Å². The number of hydrogen-bond acceptors (Lipinski definition) is 1. The maximum Gasteiger partial charge on any atom is 0.416 e. The molecule has 5 heteroatoms. The highest BCUT2D eigenvalue weighted by molar-refractivity contribution is 6.17. The van der Waals surface area contributed by atoms with Crippen molar-refractivity contribution in [3.8, 4) is 11.5 Å². The van der Waals surface area contributed by atoms with Gasteiger partial charge in [0.15, 0.2) is 0 Å². The van der Waals surface area contributed by atoms with E-state index in [0.717, 1.165) is 17.2 Å². The fraction of sp³-hybridized carbons (Fsp3) is 0.250. The summed E-state index contributed by atoms with van der Waals surface area (Å²) in [5.41, 5.74) is 1.11. The molecule has 0 aliphatic carbocycles. The Kier molecular flexibility index (Phi) is 4.47. The first-order chi connectivity index (χ1) is 9.81. The molecule has 112 valence electrons. The van der Waals surface area contributed by atoms with E-state index >= 15 is 0 Å². The molecule has 0 unspecified atom stereocenters. The Bertz CT molecular complexity index is 650. The van der Waals surface area contributed by atoms with Crippen LogP contribution >= 0.6 is 11.6 Å². The molecule has 0 saturated heterocycles. The van der Waals surface area contributed by atoms with E-state index in [1.807, 2.05) is 26.0 Å². The van der Waals surface area contributed by atoms with E-state index in [-0.39, 0.29) is 17.2 Å². The Morgan fingerprint density at radius 3 is 2.38 bits per heavy atom. The zero-order chi connectivity index (χ0) is 15.6. The number of alkyl halides is 4. The summed E-state index contributed by atoms with van der Waals surface area (Å²) in [5.74, 6) is 0.491. The van der Waals surface area contributed by atoms with Crippen molar-refractivity contribution in [2.45, 2.75) is 25.9 Å². The Balaban J connectivity index is 2.39. The van der Waals surface area contributed by atoms with E-state index in [2.05, 4.69) is 0 Å². The molecule has 0 amide bonds. The summed E-state index contributed by atoms with van der Waals surface area (Å²) < 4.78 is 44.5. The Morgan fingerprint density at radius 2 is 1.76 bits per heavy atom. The molecule has 1 nitrogen and oxygen atoms in total. The van der Waals surface area contributed by atoms with Crippen LogP contribution in [0.25, 0.3) is 0 Å². The summed E-state index contributed by atoms with van der Waals surface area (Å²) >= 11 is 5.56. The number of aryl methyl sites for hydroxylation is 2.